The molecule has 298 valence electrons. The SMILES string of the molecule is O=C1CCC(N2C(=O)c3cccc(NC(=O)CCCCCOCCOCCOCCOC(=O)c4ccccc4Nc4cccc(C(F)(F)F)c4)c3C2=O)C(=O)N1. The molecule has 5 amide bonds. The van der Waals surface area contributed by atoms with Crippen LogP contribution in [0.5, 0.6) is 0 Å². The fourth-order valence-corrected chi connectivity index (χ4v) is 6.01. The highest BCUT2D eigenvalue weighted by Crippen LogP contribution is 2.33. The van der Waals surface area contributed by atoms with E-state index in [2.05, 4.69) is 16.0 Å². The fraction of sp³-hybridized carbons (Fsp3) is 0.385. The number of ether oxygens (including phenoxy) is 4. The van der Waals surface area contributed by atoms with E-state index in [1.165, 1.54) is 30.3 Å². The minimum Gasteiger partial charge on any atom is -0.460 e. The van der Waals surface area contributed by atoms with E-state index < -0.39 is 47.4 Å². The topological polar surface area (TPSA) is 179 Å². The van der Waals surface area contributed by atoms with Crippen molar-refractivity contribution in [3.05, 3.63) is 89.0 Å². The predicted octanol–water partition coefficient (Wildman–Crippen LogP) is 5.26. The smallest absolute Gasteiger partial charge is 0.416 e. The Labute approximate surface area is 320 Å². The van der Waals surface area contributed by atoms with E-state index in [0.29, 0.717) is 44.8 Å². The molecule has 2 aliphatic heterocycles. The Balaban J connectivity index is 0.879. The van der Waals surface area contributed by atoms with Gasteiger partial charge in [-0.1, -0.05) is 30.7 Å². The van der Waals surface area contributed by atoms with Gasteiger partial charge in [0.2, 0.25) is 17.7 Å². The van der Waals surface area contributed by atoms with Crippen molar-refractivity contribution < 1.29 is 60.9 Å². The van der Waals surface area contributed by atoms with E-state index in [9.17, 15) is 41.9 Å². The molecule has 5 rings (SSSR count). The monoisotopic (exact) mass is 782 g/mol. The maximum Gasteiger partial charge on any atom is 0.416 e. The number of carbonyl (C=O) groups is 6. The number of benzene rings is 3. The first-order valence-corrected chi connectivity index (χ1v) is 18.0. The summed E-state index contributed by atoms with van der Waals surface area (Å²) in [5.74, 6) is -3.51. The van der Waals surface area contributed by atoms with Crippen LogP contribution in [0, 0.1) is 0 Å². The first-order chi connectivity index (χ1) is 26.9. The summed E-state index contributed by atoms with van der Waals surface area (Å²) < 4.78 is 60.9. The van der Waals surface area contributed by atoms with Gasteiger partial charge in [0.15, 0.2) is 0 Å². The van der Waals surface area contributed by atoms with Gasteiger partial charge in [0.1, 0.15) is 12.6 Å². The lowest BCUT2D eigenvalue weighted by Crippen LogP contribution is -2.54. The summed E-state index contributed by atoms with van der Waals surface area (Å²) in [4.78, 5) is 76.1. The number of hydrogen-bond acceptors (Lipinski definition) is 11. The van der Waals surface area contributed by atoms with Crippen LogP contribution >= 0.6 is 0 Å². The fourth-order valence-electron chi connectivity index (χ4n) is 6.01. The highest BCUT2D eigenvalue weighted by Gasteiger charge is 2.45. The molecule has 0 aromatic heterocycles. The lowest BCUT2D eigenvalue weighted by atomic mass is 10.0. The summed E-state index contributed by atoms with van der Waals surface area (Å²) in [7, 11) is 0. The summed E-state index contributed by atoms with van der Waals surface area (Å²) in [6.45, 7) is 1.76. The molecule has 1 unspecified atom stereocenters. The van der Waals surface area contributed by atoms with E-state index in [1.807, 2.05) is 0 Å². The second-order valence-electron chi connectivity index (χ2n) is 12.8. The van der Waals surface area contributed by atoms with Crippen LogP contribution in [0.25, 0.3) is 0 Å². The van der Waals surface area contributed by atoms with Crippen molar-refractivity contribution in [2.45, 2.75) is 50.7 Å². The molecule has 3 aromatic rings. The first kappa shape index (κ1) is 41.5. The Bertz CT molecular complexity index is 1920. The lowest BCUT2D eigenvalue weighted by Gasteiger charge is -2.27. The number of rotatable bonds is 20. The normalized spacial score (nSPS) is 15.4. The average molecular weight is 783 g/mol. The summed E-state index contributed by atoms with van der Waals surface area (Å²) >= 11 is 0. The van der Waals surface area contributed by atoms with Gasteiger partial charge in [-0.15, -0.1) is 0 Å². The van der Waals surface area contributed by atoms with Crippen molar-refractivity contribution in [3.63, 3.8) is 0 Å². The molecule has 3 aromatic carbocycles. The molecule has 0 radical (unpaired) electrons. The number of esters is 1. The van der Waals surface area contributed by atoms with Gasteiger partial charge in [-0.2, -0.15) is 13.2 Å². The number of nitrogens with one attached hydrogen (secondary N) is 3. The third kappa shape index (κ3) is 11.2. The number of anilines is 3. The Morgan fingerprint density at radius 1 is 0.768 bits per heavy atom. The van der Waals surface area contributed by atoms with E-state index >= 15 is 0 Å². The quantitative estimate of drug-likeness (QED) is 0.0774. The zero-order valence-corrected chi connectivity index (χ0v) is 30.3. The van der Waals surface area contributed by atoms with Crippen molar-refractivity contribution in [2.24, 2.45) is 0 Å². The van der Waals surface area contributed by atoms with Crippen LogP contribution in [-0.4, -0.2) is 92.7 Å². The number of piperidine rings is 1. The number of amides is 5. The Hall–Kier alpha value is -5.65. The Kier molecular flexibility index (Phi) is 14.7. The molecule has 14 nitrogen and oxygen atoms in total. The maximum atomic E-state index is 13.2. The summed E-state index contributed by atoms with van der Waals surface area (Å²) in [5.41, 5.74) is 0.104. The van der Waals surface area contributed by atoms with Crippen molar-refractivity contribution >= 4 is 52.6 Å². The zero-order chi connectivity index (χ0) is 40.1. The molecule has 17 heteroatoms. The van der Waals surface area contributed by atoms with Crippen molar-refractivity contribution in [1.29, 1.82) is 0 Å². The molecule has 2 heterocycles. The van der Waals surface area contributed by atoms with Crippen LogP contribution in [0.1, 0.15) is 75.2 Å². The number of nitrogens with zero attached hydrogens (tertiary/aromatic N) is 1. The first-order valence-electron chi connectivity index (χ1n) is 18.0. The summed E-state index contributed by atoms with van der Waals surface area (Å²) in [6, 6.07) is 14.4. The number of fused-ring (bicyclic) bond motifs is 1. The Morgan fingerprint density at radius 3 is 2.18 bits per heavy atom. The second kappa shape index (κ2) is 19.8. The highest BCUT2D eigenvalue weighted by molar-refractivity contribution is 6.26. The van der Waals surface area contributed by atoms with Gasteiger partial charge in [-0.25, -0.2) is 4.79 Å². The van der Waals surface area contributed by atoms with Crippen molar-refractivity contribution in [2.75, 3.05) is 56.9 Å². The van der Waals surface area contributed by atoms with E-state index in [1.54, 1.807) is 24.3 Å². The number of alkyl halides is 3. The number of carbonyl (C=O) groups excluding carboxylic acids is 6. The van der Waals surface area contributed by atoms with Gasteiger partial charge in [-0.05, 0) is 61.7 Å². The van der Waals surface area contributed by atoms with Crippen LogP contribution < -0.4 is 16.0 Å². The Morgan fingerprint density at radius 2 is 1.45 bits per heavy atom. The third-order valence-electron chi connectivity index (χ3n) is 8.76. The van der Waals surface area contributed by atoms with E-state index in [0.717, 1.165) is 17.0 Å². The number of halogens is 3. The van der Waals surface area contributed by atoms with Crippen molar-refractivity contribution in [1.82, 2.24) is 10.2 Å². The van der Waals surface area contributed by atoms with Gasteiger partial charge in [0, 0.05) is 25.1 Å². The maximum absolute atomic E-state index is 13.2. The van der Waals surface area contributed by atoms with E-state index in [-0.39, 0.29) is 79.7 Å². The minimum absolute atomic E-state index is 0.00697. The molecule has 0 bridgehead atoms. The van der Waals surface area contributed by atoms with Crippen LogP contribution in [0.3, 0.4) is 0 Å². The molecule has 0 saturated carbocycles. The van der Waals surface area contributed by atoms with Crippen molar-refractivity contribution in [3.8, 4) is 0 Å². The van der Waals surface area contributed by atoms with Crippen LogP contribution in [0.2, 0.25) is 0 Å². The van der Waals surface area contributed by atoms with Gasteiger partial charge in [0.05, 0.1) is 66.7 Å². The number of hydrogen-bond donors (Lipinski definition) is 3. The second-order valence-corrected chi connectivity index (χ2v) is 12.8. The lowest BCUT2D eigenvalue weighted by molar-refractivity contribution is -0.138. The third-order valence-corrected chi connectivity index (χ3v) is 8.76. The molecule has 3 N–H and O–H groups in total. The van der Waals surface area contributed by atoms with Crippen LogP contribution in [0.4, 0.5) is 30.2 Å². The number of unbranched alkanes of at least 4 members (excludes halogenated alkanes) is 2. The molecular formula is C39H41F3N4O10. The van der Waals surface area contributed by atoms with Gasteiger partial charge in [0.25, 0.3) is 11.8 Å². The van der Waals surface area contributed by atoms with Crippen LogP contribution in [-0.2, 0) is 39.5 Å². The predicted molar refractivity (Wildman–Crippen MR) is 194 cm³/mol. The standard InChI is InChI=1S/C39H41F3N4O10/c40-39(41,42)25-8-6-9-26(24-25)43-29-12-4-3-10-27(29)38(52)56-23-22-55-21-20-54-19-18-53-17-5-1-2-14-32(47)44-30-13-7-11-28-34(30)37(51)46(36(28)50)31-15-16-33(48)45-35(31)49/h3-4,6-13,24,31,43H,1-2,5,14-23H2,(H,44,47)(H,45,48,49). The zero-order valence-electron chi connectivity index (χ0n) is 30.3. The van der Waals surface area contributed by atoms with Gasteiger partial charge < -0.3 is 29.6 Å². The molecule has 1 atom stereocenters. The molecule has 2 aliphatic rings. The summed E-state index contributed by atoms with van der Waals surface area (Å²) in [6.07, 6.45) is -2.31. The van der Waals surface area contributed by atoms with E-state index in [4.69, 9.17) is 18.9 Å². The number of imide groups is 2. The minimum atomic E-state index is -4.50. The summed E-state index contributed by atoms with van der Waals surface area (Å²) in [5, 5.41) is 7.70. The molecular weight excluding hydrogens is 741 g/mol. The number of para-hydroxylation sites is 1. The molecule has 1 saturated heterocycles. The van der Waals surface area contributed by atoms with Gasteiger partial charge in [-0.3, -0.25) is 34.2 Å². The molecule has 0 spiro atoms. The molecule has 56 heavy (non-hydrogen) atoms. The van der Waals surface area contributed by atoms with Crippen LogP contribution in [0.15, 0.2) is 66.7 Å². The average Bonchev–Trinajstić information content (AvgIpc) is 3.42. The molecule has 0 aliphatic carbocycles. The largest absolute Gasteiger partial charge is 0.460 e. The van der Waals surface area contributed by atoms with Gasteiger partial charge >= 0.3 is 12.1 Å². The molecule has 1 fully saturated rings. The highest BCUT2D eigenvalue weighted by atomic mass is 19.4.